The van der Waals surface area contributed by atoms with Gasteiger partial charge in [0.15, 0.2) is 11.5 Å². The zero-order chi connectivity index (χ0) is 19.4. The number of phenolic OH excluding ortho intramolecular Hbond substituents is 1. The van der Waals surface area contributed by atoms with Gasteiger partial charge < -0.3 is 20.3 Å². The molecule has 1 aromatic heterocycles. The molecule has 9 heteroatoms. The van der Waals surface area contributed by atoms with E-state index >= 15 is 0 Å². The van der Waals surface area contributed by atoms with E-state index in [-0.39, 0.29) is 18.0 Å². The van der Waals surface area contributed by atoms with Gasteiger partial charge >= 0.3 is 6.18 Å². The minimum Gasteiger partial charge on any atom is -0.504 e. The van der Waals surface area contributed by atoms with Crippen LogP contribution in [0.4, 0.5) is 19.0 Å². The highest BCUT2D eigenvalue weighted by Gasteiger charge is 2.30. The van der Waals surface area contributed by atoms with E-state index < -0.39 is 11.7 Å². The van der Waals surface area contributed by atoms with Gasteiger partial charge in [-0.3, -0.25) is 10.1 Å². The second kappa shape index (κ2) is 7.48. The summed E-state index contributed by atoms with van der Waals surface area (Å²) in [6, 6.07) is 8.08. The molecule has 0 saturated heterocycles. The number of phenols is 1. The molecule has 0 amide bonds. The Labute approximate surface area is 152 Å². The van der Waals surface area contributed by atoms with Crippen LogP contribution < -0.4 is 10.1 Å². The van der Waals surface area contributed by atoms with Crippen LogP contribution in [0.25, 0.3) is 10.9 Å². The second-order valence-electron chi connectivity index (χ2n) is 5.68. The maximum Gasteiger partial charge on any atom is 0.416 e. The monoisotopic (exact) mass is 378 g/mol. The summed E-state index contributed by atoms with van der Waals surface area (Å²) in [4.78, 5) is 4.26. The van der Waals surface area contributed by atoms with Crippen LogP contribution in [-0.2, 0) is 12.7 Å². The summed E-state index contributed by atoms with van der Waals surface area (Å²) in [5, 5.41) is 19.3. The number of aromatic hydroxyl groups is 1. The smallest absolute Gasteiger partial charge is 0.416 e. The van der Waals surface area contributed by atoms with Crippen molar-refractivity contribution >= 4 is 16.7 Å². The Morgan fingerprint density at radius 3 is 2.78 bits per heavy atom. The van der Waals surface area contributed by atoms with Gasteiger partial charge in [0.05, 0.1) is 18.2 Å². The van der Waals surface area contributed by atoms with E-state index in [2.05, 4.69) is 20.5 Å². The first-order valence-corrected chi connectivity index (χ1v) is 7.94. The summed E-state index contributed by atoms with van der Waals surface area (Å²) in [6.45, 7) is 0.129. The standard InChI is InChI=1S/C18H17F3N4O2/c1-27-16-9-14-13(8-15(16)26)17(25-24-6-5-22-14)23-10-11-3-2-4-12(7-11)18(19,20)21/h2-9,23-26H,10H2,1H3. The SMILES string of the molecule is COc1cc2ncc[nH][nH]c(NCc3cccc(C(F)(F)F)c3)c2cc1O. The zero-order valence-electron chi connectivity index (χ0n) is 14.3. The van der Waals surface area contributed by atoms with Crippen LogP contribution in [0.15, 0.2) is 48.8 Å². The van der Waals surface area contributed by atoms with E-state index in [1.165, 1.54) is 25.4 Å². The molecule has 0 aliphatic carbocycles. The number of benzene rings is 2. The lowest BCUT2D eigenvalue weighted by Gasteiger charge is -2.12. The van der Waals surface area contributed by atoms with Gasteiger partial charge in [-0.15, -0.1) is 0 Å². The van der Waals surface area contributed by atoms with Crippen molar-refractivity contribution in [1.29, 1.82) is 0 Å². The molecule has 3 aromatic rings. The third-order valence-electron chi connectivity index (χ3n) is 3.86. The summed E-state index contributed by atoms with van der Waals surface area (Å²) in [7, 11) is 1.43. The van der Waals surface area contributed by atoms with Gasteiger partial charge in [0.2, 0.25) is 0 Å². The molecule has 142 valence electrons. The molecule has 0 atom stereocenters. The number of anilines is 1. The van der Waals surface area contributed by atoms with Crippen LogP contribution >= 0.6 is 0 Å². The summed E-state index contributed by atoms with van der Waals surface area (Å²) >= 11 is 0. The number of hydrogen-bond donors (Lipinski definition) is 4. The maximum absolute atomic E-state index is 12.9. The molecular weight excluding hydrogens is 361 g/mol. The number of rotatable bonds is 4. The topological polar surface area (TPSA) is 86.0 Å². The molecule has 0 saturated carbocycles. The van der Waals surface area contributed by atoms with Crippen LogP contribution in [0.2, 0.25) is 0 Å². The van der Waals surface area contributed by atoms with E-state index in [0.29, 0.717) is 22.3 Å². The van der Waals surface area contributed by atoms with Gasteiger partial charge in [0, 0.05) is 30.4 Å². The number of nitrogens with zero attached hydrogens (tertiary/aromatic N) is 1. The molecule has 0 spiro atoms. The molecule has 0 aliphatic heterocycles. The number of halogens is 3. The number of H-pyrrole nitrogens is 2. The van der Waals surface area contributed by atoms with Gasteiger partial charge in [-0.25, -0.2) is 0 Å². The Balaban J connectivity index is 1.98. The van der Waals surface area contributed by atoms with Crippen LogP contribution in [0.5, 0.6) is 11.5 Å². The van der Waals surface area contributed by atoms with E-state index in [0.717, 1.165) is 12.1 Å². The number of nitrogens with one attached hydrogen (secondary N) is 3. The zero-order valence-corrected chi connectivity index (χ0v) is 14.3. The minimum absolute atomic E-state index is 0.0869. The van der Waals surface area contributed by atoms with Gasteiger partial charge in [0.25, 0.3) is 0 Å². The van der Waals surface area contributed by atoms with Crippen LogP contribution in [0.3, 0.4) is 0 Å². The molecule has 2 aromatic carbocycles. The van der Waals surface area contributed by atoms with E-state index in [1.807, 2.05) is 0 Å². The number of alkyl halides is 3. The molecule has 27 heavy (non-hydrogen) atoms. The number of hydrogen-bond acceptors (Lipinski definition) is 4. The van der Waals surface area contributed by atoms with Crippen LogP contribution in [-0.4, -0.2) is 27.4 Å². The number of aromatic nitrogens is 3. The molecular formula is C18H17F3N4O2. The molecule has 0 fully saturated rings. The number of methoxy groups -OCH3 is 1. The van der Waals surface area contributed by atoms with Crippen molar-refractivity contribution < 1.29 is 23.0 Å². The Morgan fingerprint density at radius 2 is 2.04 bits per heavy atom. The molecule has 1 heterocycles. The minimum atomic E-state index is -4.40. The first-order chi connectivity index (χ1) is 12.9. The number of ether oxygens (including phenoxy) is 1. The molecule has 4 N–H and O–H groups in total. The lowest BCUT2D eigenvalue weighted by Crippen LogP contribution is -2.07. The molecule has 6 nitrogen and oxygen atoms in total. The van der Waals surface area contributed by atoms with Gasteiger partial charge in [-0.1, -0.05) is 12.1 Å². The fourth-order valence-corrected chi connectivity index (χ4v) is 2.55. The summed E-state index contributed by atoms with van der Waals surface area (Å²) in [5.74, 6) is 0.612. The fraction of sp³-hybridized carbons (Fsp3) is 0.167. The molecule has 0 bridgehead atoms. The van der Waals surface area contributed by atoms with Gasteiger partial charge in [-0.2, -0.15) is 13.2 Å². The molecule has 3 rings (SSSR count). The molecule has 0 aliphatic rings. The van der Waals surface area contributed by atoms with Crippen molar-refractivity contribution in [2.45, 2.75) is 12.7 Å². The predicted octanol–water partition coefficient (Wildman–Crippen LogP) is 4.36. The number of aromatic amines is 2. The van der Waals surface area contributed by atoms with Gasteiger partial charge in [-0.05, 0) is 23.8 Å². The largest absolute Gasteiger partial charge is 0.504 e. The average Bonchev–Trinajstić information content (AvgIpc) is 2.62. The Hall–Kier alpha value is -3.36. The van der Waals surface area contributed by atoms with Crippen molar-refractivity contribution in [2.24, 2.45) is 0 Å². The Bertz CT molecular complexity index is 994. The fourth-order valence-electron chi connectivity index (χ4n) is 2.55. The van der Waals surface area contributed by atoms with Crippen LogP contribution in [0, 0.1) is 0 Å². The van der Waals surface area contributed by atoms with Crippen molar-refractivity contribution in [3.05, 3.63) is 59.9 Å². The quantitative estimate of drug-likeness (QED) is 0.543. The number of fused-ring (bicyclic) bond motifs is 1. The second-order valence-corrected chi connectivity index (χ2v) is 5.68. The Kier molecular flexibility index (Phi) is 5.11. The Morgan fingerprint density at radius 1 is 1.22 bits per heavy atom. The highest BCUT2D eigenvalue weighted by atomic mass is 19.4. The van der Waals surface area contributed by atoms with Crippen molar-refractivity contribution in [3.63, 3.8) is 0 Å². The lowest BCUT2D eigenvalue weighted by atomic mass is 10.1. The van der Waals surface area contributed by atoms with E-state index in [4.69, 9.17) is 4.74 Å². The summed E-state index contributed by atoms with van der Waals surface area (Å²) < 4.78 is 43.7. The normalized spacial score (nSPS) is 11.3. The maximum atomic E-state index is 12.9. The summed E-state index contributed by atoms with van der Waals surface area (Å²) in [6.07, 6.45) is -1.33. The lowest BCUT2D eigenvalue weighted by molar-refractivity contribution is -0.137. The van der Waals surface area contributed by atoms with E-state index in [9.17, 15) is 18.3 Å². The predicted molar refractivity (Wildman–Crippen MR) is 95.1 cm³/mol. The summed E-state index contributed by atoms with van der Waals surface area (Å²) in [5.41, 5.74) is 0.255. The molecule has 0 radical (unpaired) electrons. The van der Waals surface area contributed by atoms with Crippen LogP contribution in [0.1, 0.15) is 11.1 Å². The third kappa shape index (κ3) is 4.25. The average molecular weight is 378 g/mol. The first-order valence-electron chi connectivity index (χ1n) is 7.94. The third-order valence-corrected chi connectivity index (χ3v) is 3.86. The molecule has 0 unspecified atom stereocenters. The highest BCUT2D eigenvalue weighted by molar-refractivity contribution is 5.90. The van der Waals surface area contributed by atoms with E-state index in [1.54, 1.807) is 18.3 Å². The van der Waals surface area contributed by atoms with Crippen molar-refractivity contribution in [2.75, 3.05) is 12.4 Å². The van der Waals surface area contributed by atoms with Crippen molar-refractivity contribution in [3.8, 4) is 11.5 Å². The van der Waals surface area contributed by atoms with Gasteiger partial charge in [0.1, 0.15) is 5.82 Å². The highest BCUT2D eigenvalue weighted by Crippen LogP contribution is 2.32. The van der Waals surface area contributed by atoms with Crippen molar-refractivity contribution in [1.82, 2.24) is 15.2 Å². The first kappa shape index (κ1) is 18.4.